The molecule has 0 aliphatic carbocycles. The maximum absolute atomic E-state index is 13.0. The van der Waals surface area contributed by atoms with Gasteiger partial charge < -0.3 is 4.90 Å². The smallest absolute Gasteiger partial charge is 0.311 e. The van der Waals surface area contributed by atoms with Crippen LogP contribution in [-0.4, -0.2) is 22.7 Å². The van der Waals surface area contributed by atoms with Crippen LogP contribution in [0, 0.1) is 18.3 Å². The maximum Gasteiger partial charge on any atom is 0.416 e. The highest BCUT2D eigenvalue weighted by atomic mass is 19.4. The second-order valence-electron chi connectivity index (χ2n) is 6.13. The number of nitrogens with zero attached hydrogens (tertiary/aromatic N) is 4. The van der Waals surface area contributed by atoms with Crippen LogP contribution in [0.4, 0.5) is 18.9 Å². The van der Waals surface area contributed by atoms with Crippen molar-refractivity contribution < 1.29 is 18.0 Å². The number of benzene rings is 2. The molecule has 0 bridgehead atoms. The Kier molecular flexibility index (Phi) is 4.92. The van der Waals surface area contributed by atoms with Crippen molar-refractivity contribution in [2.24, 2.45) is 0 Å². The molecule has 5 nitrogen and oxygen atoms in total. The third kappa shape index (κ3) is 3.60. The monoisotopic (exact) mass is 384 g/mol. The van der Waals surface area contributed by atoms with Gasteiger partial charge in [-0.25, -0.2) is 4.68 Å². The molecule has 3 aromatic rings. The molecule has 1 heterocycles. The van der Waals surface area contributed by atoms with E-state index < -0.39 is 11.7 Å². The lowest BCUT2D eigenvalue weighted by Gasteiger charge is -2.17. The fourth-order valence-corrected chi connectivity index (χ4v) is 2.78. The molecule has 142 valence electrons. The molecule has 0 aliphatic rings. The number of carbonyl (C=O) groups excluding carboxylic acids is 1. The molecular weight excluding hydrogens is 369 g/mol. The number of aromatic nitrogens is 2. The molecule has 3 rings (SSSR count). The molecule has 0 spiro atoms. The molecule has 1 aromatic heterocycles. The summed E-state index contributed by atoms with van der Waals surface area (Å²) in [5.74, 6) is -0.384. The quantitative estimate of drug-likeness (QED) is 0.675. The van der Waals surface area contributed by atoms with Crippen LogP contribution in [-0.2, 0) is 6.18 Å². The van der Waals surface area contributed by atoms with Gasteiger partial charge in [0.2, 0.25) is 0 Å². The van der Waals surface area contributed by atoms with E-state index in [1.807, 2.05) is 6.07 Å². The molecule has 0 unspecified atom stereocenters. The van der Waals surface area contributed by atoms with Crippen LogP contribution in [0.1, 0.15) is 27.2 Å². The number of hydrogen-bond donors (Lipinski definition) is 0. The highest BCUT2D eigenvalue weighted by Crippen LogP contribution is 2.30. The van der Waals surface area contributed by atoms with Crippen molar-refractivity contribution in [2.45, 2.75) is 13.1 Å². The number of halogens is 3. The third-order valence-corrected chi connectivity index (χ3v) is 4.33. The van der Waals surface area contributed by atoms with E-state index in [0.29, 0.717) is 16.9 Å². The van der Waals surface area contributed by atoms with E-state index in [1.165, 1.54) is 27.9 Å². The second-order valence-corrected chi connectivity index (χ2v) is 6.13. The molecule has 0 N–H and O–H groups in total. The van der Waals surface area contributed by atoms with Crippen LogP contribution >= 0.6 is 0 Å². The van der Waals surface area contributed by atoms with E-state index in [9.17, 15) is 18.0 Å². The van der Waals surface area contributed by atoms with Gasteiger partial charge in [-0.3, -0.25) is 4.79 Å². The van der Waals surface area contributed by atoms with Gasteiger partial charge in [-0.1, -0.05) is 12.1 Å². The van der Waals surface area contributed by atoms with Crippen LogP contribution < -0.4 is 4.90 Å². The summed E-state index contributed by atoms with van der Waals surface area (Å²) in [5, 5.41) is 13.1. The van der Waals surface area contributed by atoms with Crippen molar-refractivity contribution in [1.82, 2.24) is 9.78 Å². The standard InChI is InChI=1S/C20H15F3N4O/c1-13-18(19(28)26(2)16-7-3-5-14(9-16)11-24)12-25-27(13)17-8-4-6-15(10-17)20(21,22)23/h3-10,12H,1-2H3. The van der Waals surface area contributed by atoms with Crippen LogP contribution in [0.2, 0.25) is 0 Å². The van der Waals surface area contributed by atoms with Gasteiger partial charge in [-0.2, -0.15) is 23.5 Å². The first-order valence-electron chi connectivity index (χ1n) is 8.23. The topological polar surface area (TPSA) is 61.9 Å². The van der Waals surface area contributed by atoms with Crippen molar-refractivity contribution >= 4 is 11.6 Å². The lowest BCUT2D eigenvalue weighted by molar-refractivity contribution is -0.137. The number of rotatable bonds is 3. The maximum atomic E-state index is 13.0. The second kappa shape index (κ2) is 7.19. The number of alkyl halides is 3. The van der Waals surface area contributed by atoms with Crippen LogP contribution in [0.3, 0.4) is 0 Å². The predicted octanol–water partition coefficient (Wildman–Crippen LogP) is 4.35. The Morgan fingerprint density at radius 1 is 1.18 bits per heavy atom. The Hall–Kier alpha value is -3.60. The van der Waals surface area contributed by atoms with E-state index in [0.717, 1.165) is 12.1 Å². The highest BCUT2D eigenvalue weighted by molar-refractivity contribution is 6.06. The highest BCUT2D eigenvalue weighted by Gasteiger charge is 2.31. The number of amides is 1. The molecule has 0 aliphatic heterocycles. The summed E-state index contributed by atoms with van der Waals surface area (Å²) in [5.41, 5.74) is 1.01. The Labute approximate surface area is 159 Å². The first-order valence-corrected chi connectivity index (χ1v) is 8.23. The minimum absolute atomic E-state index is 0.209. The minimum Gasteiger partial charge on any atom is -0.311 e. The summed E-state index contributed by atoms with van der Waals surface area (Å²) < 4.78 is 40.2. The van der Waals surface area contributed by atoms with Gasteiger partial charge in [-0.15, -0.1) is 0 Å². The van der Waals surface area contributed by atoms with E-state index in [-0.39, 0.29) is 17.2 Å². The first kappa shape index (κ1) is 19.2. The van der Waals surface area contributed by atoms with Gasteiger partial charge in [0.1, 0.15) is 0 Å². The molecule has 0 saturated heterocycles. The van der Waals surface area contributed by atoms with Gasteiger partial charge in [0.15, 0.2) is 0 Å². The zero-order valence-corrected chi connectivity index (χ0v) is 15.0. The zero-order valence-electron chi connectivity index (χ0n) is 15.0. The molecule has 1 amide bonds. The Bertz CT molecular complexity index is 1080. The van der Waals surface area contributed by atoms with Crippen LogP contribution in [0.25, 0.3) is 5.69 Å². The fourth-order valence-electron chi connectivity index (χ4n) is 2.78. The number of anilines is 1. The van der Waals surface area contributed by atoms with Gasteiger partial charge in [0, 0.05) is 12.7 Å². The van der Waals surface area contributed by atoms with Crippen molar-refractivity contribution in [2.75, 3.05) is 11.9 Å². The summed E-state index contributed by atoms with van der Waals surface area (Å²) in [4.78, 5) is 14.2. The summed E-state index contributed by atoms with van der Waals surface area (Å²) in [7, 11) is 1.56. The molecule has 28 heavy (non-hydrogen) atoms. The van der Waals surface area contributed by atoms with Crippen molar-refractivity contribution in [3.05, 3.63) is 77.1 Å². The fraction of sp³-hybridized carbons (Fsp3) is 0.150. The van der Waals surface area contributed by atoms with Crippen LogP contribution in [0.5, 0.6) is 0 Å². The summed E-state index contributed by atoms with van der Waals surface area (Å²) in [6, 6.07) is 13.3. The summed E-state index contributed by atoms with van der Waals surface area (Å²) >= 11 is 0. The van der Waals surface area contributed by atoms with E-state index >= 15 is 0 Å². The summed E-state index contributed by atoms with van der Waals surface area (Å²) in [6.07, 6.45) is -3.15. The average Bonchev–Trinajstić information content (AvgIpc) is 3.07. The van der Waals surface area contributed by atoms with Gasteiger partial charge in [0.25, 0.3) is 5.91 Å². The van der Waals surface area contributed by atoms with Crippen molar-refractivity contribution in [3.8, 4) is 11.8 Å². The van der Waals surface area contributed by atoms with E-state index in [4.69, 9.17) is 5.26 Å². The van der Waals surface area contributed by atoms with Gasteiger partial charge in [0.05, 0.1) is 40.3 Å². The predicted molar refractivity (Wildman–Crippen MR) is 97.2 cm³/mol. The summed E-state index contributed by atoms with van der Waals surface area (Å²) in [6.45, 7) is 1.61. The van der Waals surface area contributed by atoms with Gasteiger partial charge >= 0.3 is 6.18 Å². The largest absolute Gasteiger partial charge is 0.416 e. The lowest BCUT2D eigenvalue weighted by atomic mass is 10.1. The average molecular weight is 384 g/mol. The van der Waals surface area contributed by atoms with Crippen molar-refractivity contribution in [1.29, 1.82) is 5.26 Å². The Morgan fingerprint density at radius 3 is 2.57 bits per heavy atom. The van der Waals surface area contributed by atoms with E-state index in [1.54, 1.807) is 38.2 Å². The minimum atomic E-state index is -4.47. The van der Waals surface area contributed by atoms with E-state index in [2.05, 4.69) is 5.10 Å². The molecule has 2 aromatic carbocycles. The number of hydrogen-bond acceptors (Lipinski definition) is 3. The van der Waals surface area contributed by atoms with Crippen molar-refractivity contribution in [3.63, 3.8) is 0 Å². The van der Waals surface area contributed by atoms with Gasteiger partial charge in [-0.05, 0) is 43.3 Å². The molecule has 0 saturated carbocycles. The normalized spacial score (nSPS) is 11.1. The zero-order chi connectivity index (χ0) is 20.5. The number of nitriles is 1. The Morgan fingerprint density at radius 2 is 1.89 bits per heavy atom. The molecule has 0 radical (unpaired) electrons. The molecule has 8 heteroatoms. The molecule has 0 fully saturated rings. The SMILES string of the molecule is Cc1c(C(=O)N(C)c2cccc(C#N)c2)cnn1-c1cccc(C(F)(F)F)c1. The third-order valence-electron chi connectivity index (χ3n) is 4.33. The van der Waals surface area contributed by atoms with Crippen LogP contribution in [0.15, 0.2) is 54.7 Å². The Balaban J connectivity index is 1.95. The molecule has 0 atom stereocenters. The number of carbonyl (C=O) groups is 1. The lowest BCUT2D eigenvalue weighted by Crippen LogP contribution is -2.26. The molecular formula is C20H15F3N4O. The first-order chi connectivity index (χ1) is 13.2.